The molecule has 0 aliphatic carbocycles. The Hall–Kier alpha value is -1.74. The number of hydrogen-bond donors (Lipinski definition) is 1. The van der Waals surface area contributed by atoms with E-state index in [0.717, 1.165) is 24.9 Å². The molecule has 0 fully saturated rings. The highest BCUT2D eigenvalue weighted by molar-refractivity contribution is 5.32. The Kier molecular flexibility index (Phi) is 5.04. The number of nitrogens with zero attached hydrogens (tertiary/aromatic N) is 2. The predicted octanol–water partition coefficient (Wildman–Crippen LogP) is 3.13. The van der Waals surface area contributed by atoms with Crippen LogP contribution in [0.2, 0.25) is 0 Å². The highest BCUT2D eigenvalue weighted by Crippen LogP contribution is 2.22. The Morgan fingerprint density at radius 2 is 2.00 bits per heavy atom. The highest BCUT2D eigenvalue weighted by atomic mass is 15.1. The number of benzene rings is 1. The monoisotopic (exact) mass is 255 g/mol. The van der Waals surface area contributed by atoms with E-state index in [1.54, 1.807) is 6.20 Å². The molecule has 19 heavy (non-hydrogen) atoms. The minimum absolute atomic E-state index is 0.196. The van der Waals surface area contributed by atoms with Crippen molar-refractivity contribution in [3.63, 3.8) is 0 Å². The number of nitrogens with one attached hydrogen (secondary N) is 1. The van der Waals surface area contributed by atoms with Gasteiger partial charge in [-0.3, -0.25) is 0 Å². The molecule has 3 heteroatoms. The molecule has 2 aromatic rings. The molecule has 0 saturated heterocycles. The first kappa shape index (κ1) is 13.7. The van der Waals surface area contributed by atoms with Crippen molar-refractivity contribution < 1.29 is 0 Å². The maximum Gasteiger partial charge on any atom is 0.0593 e. The molecule has 1 atom stereocenters. The normalized spacial score (nSPS) is 12.3. The third-order valence-electron chi connectivity index (χ3n) is 3.23. The van der Waals surface area contributed by atoms with E-state index < -0.39 is 0 Å². The van der Waals surface area contributed by atoms with Crippen LogP contribution in [0.1, 0.15) is 43.0 Å². The average molecular weight is 255 g/mol. The number of rotatable bonds is 6. The van der Waals surface area contributed by atoms with Gasteiger partial charge in [0.2, 0.25) is 0 Å². The zero-order chi connectivity index (χ0) is 13.5. The van der Waals surface area contributed by atoms with Crippen LogP contribution in [0, 0.1) is 0 Å². The smallest absolute Gasteiger partial charge is 0.0593 e. The summed E-state index contributed by atoms with van der Waals surface area (Å²) in [5.74, 6) is 0. The summed E-state index contributed by atoms with van der Waals surface area (Å²) in [6, 6.07) is 11.0. The number of aryl methyl sites for hydroxylation is 1. The average Bonchev–Trinajstić information content (AvgIpc) is 2.49. The molecule has 3 nitrogen and oxygen atoms in total. The lowest BCUT2D eigenvalue weighted by atomic mass is 9.98. The summed E-state index contributed by atoms with van der Waals surface area (Å²) in [4.78, 5) is 0. The van der Waals surface area contributed by atoms with Crippen molar-refractivity contribution in [1.29, 1.82) is 0 Å². The molecular weight excluding hydrogens is 234 g/mol. The zero-order valence-corrected chi connectivity index (χ0v) is 11.6. The van der Waals surface area contributed by atoms with Crippen LogP contribution >= 0.6 is 0 Å². The van der Waals surface area contributed by atoms with Crippen molar-refractivity contribution >= 4 is 0 Å². The van der Waals surface area contributed by atoms with E-state index in [9.17, 15) is 0 Å². The van der Waals surface area contributed by atoms with Gasteiger partial charge in [0.25, 0.3) is 0 Å². The molecule has 1 aromatic heterocycles. The van der Waals surface area contributed by atoms with Gasteiger partial charge in [0.05, 0.1) is 12.2 Å². The van der Waals surface area contributed by atoms with E-state index in [4.69, 9.17) is 0 Å². The van der Waals surface area contributed by atoms with Crippen molar-refractivity contribution in [2.45, 2.75) is 32.7 Å². The van der Waals surface area contributed by atoms with E-state index in [0.29, 0.717) is 0 Å². The molecule has 0 spiro atoms. The molecule has 1 heterocycles. The summed E-state index contributed by atoms with van der Waals surface area (Å²) in [5, 5.41) is 11.4. The molecular formula is C16H21N3. The molecule has 1 N–H and O–H groups in total. The van der Waals surface area contributed by atoms with Crippen molar-refractivity contribution in [2.24, 2.45) is 0 Å². The fraction of sp³-hybridized carbons (Fsp3) is 0.375. The number of hydrogen-bond acceptors (Lipinski definition) is 3. The highest BCUT2D eigenvalue weighted by Gasteiger charge is 2.13. The minimum atomic E-state index is 0.196. The summed E-state index contributed by atoms with van der Waals surface area (Å²) in [6.07, 6.45) is 5.76. The van der Waals surface area contributed by atoms with Gasteiger partial charge in [-0.05, 0) is 42.1 Å². The van der Waals surface area contributed by atoms with E-state index >= 15 is 0 Å². The van der Waals surface area contributed by atoms with Gasteiger partial charge in [-0.25, -0.2) is 0 Å². The first-order valence-corrected chi connectivity index (χ1v) is 6.94. The van der Waals surface area contributed by atoms with Crippen molar-refractivity contribution in [3.05, 3.63) is 59.4 Å². The van der Waals surface area contributed by atoms with Gasteiger partial charge < -0.3 is 5.32 Å². The summed E-state index contributed by atoms with van der Waals surface area (Å²) in [5.41, 5.74) is 3.82. The molecule has 0 saturated carbocycles. The summed E-state index contributed by atoms with van der Waals surface area (Å²) in [6.45, 7) is 5.35. The molecule has 0 aliphatic heterocycles. The van der Waals surface area contributed by atoms with Crippen LogP contribution in [0.5, 0.6) is 0 Å². The molecule has 0 aliphatic rings. The van der Waals surface area contributed by atoms with E-state index in [1.165, 1.54) is 11.1 Å². The molecule has 100 valence electrons. The second kappa shape index (κ2) is 7.00. The topological polar surface area (TPSA) is 37.8 Å². The minimum Gasteiger partial charge on any atom is -0.306 e. The number of aromatic nitrogens is 2. The Labute approximate surface area is 115 Å². The van der Waals surface area contributed by atoms with Crippen LogP contribution in [-0.2, 0) is 6.42 Å². The first-order chi connectivity index (χ1) is 9.35. The molecule has 2 rings (SSSR count). The van der Waals surface area contributed by atoms with E-state index in [-0.39, 0.29) is 6.04 Å². The first-order valence-electron chi connectivity index (χ1n) is 6.94. The Morgan fingerprint density at radius 3 is 2.68 bits per heavy atom. The van der Waals surface area contributed by atoms with Crippen LogP contribution in [0.15, 0.2) is 42.7 Å². The second-order valence-electron chi connectivity index (χ2n) is 4.66. The summed E-state index contributed by atoms with van der Waals surface area (Å²) in [7, 11) is 0. The van der Waals surface area contributed by atoms with Crippen molar-refractivity contribution in [1.82, 2.24) is 15.5 Å². The fourth-order valence-corrected chi connectivity index (χ4v) is 2.18. The zero-order valence-electron chi connectivity index (χ0n) is 11.6. The van der Waals surface area contributed by atoms with Gasteiger partial charge in [-0.1, -0.05) is 38.1 Å². The van der Waals surface area contributed by atoms with Crippen LogP contribution in [0.25, 0.3) is 0 Å². The fourth-order valence-electron chi connectivity index (χ4n) is 2.18. The molecule has 0 bridgehead atoms. The van der Waals surface area contributed by atoms with Gasteiger partial charge >= 0.3 is 0 Å². The maximum absolute atomic E-state index is 3.99. The lowest BCUT2D eigenvalue weighted by Crippen LogP contribution is -2.23. The predicted molar refractivity (Wildman–Crippen MR) is 78.0 cm³/mol. The Bertz CT molecular complexity index is 496. The van der Waals surface area contributed by atoms with Gasteiger partial charge in [-0.15, -0.1) is 0 Å². The molecule has 0 amide bonds. The molecule has 1 unspecified atom stereocenters. The largest absolute Gasteiger partial charge is 0.306 e. The molecule has 1 aromatic carbocycles. The quantitative estimate of drug-likeness (QED) is 0.861. The third-order valence-corrected chi connectivity index (χ3v) is 3.23. The van der Waals surface area contributed by atoms with Crippen molar-refractivity contribution in [2.75, 3.05) is 6.54 Å². The maximum atomic E-state index is 3.99. The lowest BCUT2D eigenvalue weighted by molar-refractivity contribution is 0.595. The van der Waals surface area contributed by atoms with Crippen LogP contribution in [0.4, 0.5) is 0 Å². The van der Waals surface area contributed by atoms with Crippen LogP contribution in [-0.4, -0.2) is 16.7 Å². The van der Waals surface area contributed by atoms with Gasteiger partial charge in [0, 0.05) is 6.20 Å². The standard InChI is InChI=1S/C16H21N3/c1-3-9-17-16(15-8-10-18-19-12-15)14-7-5-6-13(4-2)11-14/h5-8,10-12,16-17H,3-4,9H2,1-2H3. The van der Waals surface area contributed by atoms with Gasteiger partial charge in [-0.2, -0.15) is 10.2 Å². The van der Waals surface area contributed by atoms with E-state index in [1.807, 2.05) is 12.3 Å². The Morgan fingerprint density at radius 1 is 1.11 bits per heavy atom. The van der Waals surface area contributed by atoms with Crippen LogP contribution in [0.3, 0.4) is 0 Å². The van der Waals surface area contributed by atoms with Gasteiger partial charge in [0.15, 0.2) is 0 Å². The molecule has 0 radical (unpaired) electrons. The Balaban J connectivity index is 2.31. The van der Waals surface area contributed by atoms with Gasteiger partial charge in [0.1, 0.15) is 0 Å². The second-order valence-corrected chi connectivity index (χ2v) is 4.66. The summed E-state index contributed by atoms with van der Waals surface area (Å²) < 4.78 is 0. The SMILES string of the molecule is CCCNC(c1ccnnc1)c1cccc(CC)c1. The van der Waals surface area contributed by atoms with E-state index in [2.05, 4.69) is 53.6 Å². The lowest BCUT2D eigenvalue weighted by Gasteiger charge is -2.19. The van der Waals surface area contributed by atoms with Crippen molar-refractivity contribution in [3.8, 4) is 0 Å². The third kappa shape index (κ3) is 3.61. The summed E-state index contributed by atoms with van der Waals surface area (Å²) >= 11 is 0. The van der Waals surface area contributed by atoms with Crippen LogP contribution < -0.4 is 5.32 Å².